The summed E-state index contributed by atoms with van der Waals surface area (Å²) in [5, 5.41) is 3.63. The number of hydrogen-bond donors (Lipinski definition) is 1. The minimum Gasteiger partial charge on any atom is -0.316 e. The van der Waals surface area contributed by atoms with Crippen LogP contribution in [0, 0.1) is 17.8 Å². The maximum absolute atomic E-state index is 3.63. The van der Waals surface area contributed by atoms with Gasteiger partial charge in [-0.3, -0.25) is 0 Å². The highest BCUT2D eigenvalue weighted by atomic mass is 14.9. The van der Waals surface area contributed by atoms with Crippen LogP contribution in [0.3, 0.4) is 0 Å². The monoisotopic (exact) mass is 287 g/mol. The Kier molecular flexibility index (Phi) is 7.78. The van der Waals surface area contributed by atoms with Crippen LogP contribution in [0.15, 0.2) is 40.7 Å². The minimum atomic E-state index is 0.560. The summed E-state index contributed by atoms with van der Waals surface area (Å²) in [7, 11) is 0. The van der Waals surface area contributed by atoms with Gasteiger partial charge in [-0.2, -0.15) is 0 Å². The maximum Gasteiger partial charge on any atom is 0.00203 e. The van der Waals surface area contributed by atoms with Gasteiger partial charge in [-0.05, 0) is 72.9 Å². The predicted octanol–water partition coefficient (Wildman–Crippen LogP) is 5.27. The van der Waals surface area contributed by atoms with E-state index in [4.69, 9.17) is 0 Å². The molecule has 1 N–H and O–H groups in total. The lowest BCUT2D eigenvalue weighted by Crippen LogP contribution is -2.25. The summed E-state index contributed by atoms with van der Waals surface area (Å²) < 4.78 is 0. The van der Waals surface area contributed by atoms with Gasteiger partial charge in [0.2, 0.25) is 0 Å². The molecule has 0 aromatic heterocycles. The molecular formula is C20H33N. The standard InChI is InChI=1S/C20H33N/c1-7-18(14-21-12-11-15(2)3)20-10-8-9-19(16(4)5)13-17(20)6/h9-10,13,15-16,18,21H,7,11-12,14H2,1-6H3. The number of hydrogen-bond acceptors (Lipinski definition) is 1. The molecule has 0 spiro atoms. The van der Waals surface area contributed by atoms with Gasteiger partial charge in [-0.15, -0.1) is 5.73 Å². The molecule has 0 radical (unpaired) electrons. The van der Waals surface area contributed by atoms with Crippen LogP contribution in [0.5, 0.6) is 0 Å². The molecule has 0 aliphatic heterocycles. The van der Waals surface area contributed by atoms with Crippen LogP contribution in [0.25, 0.3) is 0 Å². The molecule has 0 fully saturated rings. The normalized spacial score (nSPS) is 16.7. The first kappa shape index (κ1) is 18.0. The van der Waals surface area contributed by atoms with Crippen LogP contribution in [-0.4, -0.2) is 13.1 Å². The third-order valence-corrected chi connectivity index (χ3v) is 4.22. The molecule has 0 saturated carbocycles. The Morgan fingerprint density at radius 2 is 1.86 bits per heavy atom. The van der Waals surface area contributed by atoms with Crippen LogP contribution in [-0.2, 0) is 0 Å². The summed E-state index contributed by atoms with van der Waals surface area (Å²) in [6.07, 6.45) is 9.10. The van der Waals surface area contributed by atoms with Crippen molar-refractivity contribution < 1.29 is 0 Å². The second-order valence-electron chi connectivity index (χ2n) is 6.88. The molecule has 0 bridgehead atoms. The molecule has 1 aliphatic rings. The molecule has 1 atom stereocenters. The van der Waals surface area contributed by atoms with Gasteiger partial charge in [0.15, 0.2) is 0 Å². The van der Waals surface area contributed by atoms with E-state index in [-0.39, 0.29) is 0 Å². The predicted molar refractivity (Wildman–Crippen MR) is 94.4 cm³/mol. The summed E-state index contributed by atoms with van der Waals surface area (Å²) in [6.45, 7) is 15.8. The van der Waals surface area contributed by atoms with Crippen molar-refractivity contribution in [3.63, 3.8) is 0 Å². The quantitative estimate of drug-likeness (QED) is 0.473. The molecule has 0 aromatic rings. The molecular weight excluding hydrogens is 254 g/mol. The van der Waals surface area contributed by atoms with E-state index in [1.807, 2.05) is 0 Å². The Labute approximate surface area is 131 Å². The smallest absolute Gasteiger partial charge is 0.00203 e. The van der Waals surface area contributed by atoms with E-state index < -0.39 is 0 Å². The van der Waals surface area contributed by atoms with E-state index >= 15 is 0 Å². The zero-order valence-electron chi connectivity index (χ0n) is 14.8. The second-order valence-corrected chi connectivity index (χ2v) is 6.88. The summed E-state index contributed by atoms with van der Waals surface area (Å²) in [5.41, 5.74) is 7.60. The molecule has 0 heterocycles. The third-order valence-electron chi connectivity index (χ3n) is 4.22. The van der Waals surface area contributed by atoms with Crippen LogP contribution < -0.4 is 5.32 Å². The largest absolute Gasteiger partial charge is 0.316 e. The van der Waals surface area contributed by atoms with Crippen LogP contribution in [0.4, 0.5) is 0 Å². The molecule has 1 unspecified atom stereocenters. The van der Waals surface area contributed by atoms with Gasteiger partial charge in [-0.1, -0.05) is 40.7 Å². The van der Waals surface area contributed by atoms with Crippen LogP contribution in [0.2, 0.25) is 0 Å². The Hall–Kier alpha value is -1.04. The minimum absolute atomic E-state index is 0.560. The van der Waals surface area contributed by atoms with Crippen LogP contribution >= 0.6 is 0 Å². The fraction of sp³-hybridized carbons (Fsp3) is 0.650. The van der Waals surface area contributed by atoms with E-state index in [0.29, 0.717) is 11.8 Å². The summed E-state index contributed by atoms with van der Waals surface area (Å²) in [4.78, 5) is 0. The average Bonchev–Trinajstić information content (AvgIpc) is 2.61. The van der Waals surface area contributed by atoms with Gasteiger partial charge in [-0.25, -0.2) is 0 Å². The maximum atomic E-state index is 3.63. The summed E-state index contributed by atoms with van der Waals surface area (Å²) in [5.74, 6) is 1.92. The number of allylic oxidation sites excluding steroid dienone is 4. The van der Waals surface area contributed by atoms with Crippen molar-refractivity contribution in [3.05, 3.63) is 40.7 Å². The van der Waals surface area contributed by atoms with E-state index in [1.165, 1.54) is 29.6 Å². The lowest BCUT2D eigenvalue weighted by molar-refractivity contribution is 0.486. The average molecular weight is 287 g/mol. The van der Waals surface area contributed by atoms with Gasteiger partial charge in [0.1, 0.15) is 0 Å². The fourth-order valence-corrected chi connectivity index (χ4v) is 2.63. The highest BCUT2D eigenvalue weighted by molar-refractivity contribution is 5.41. The van der Waals surface area contributed by atoms with Crippen molar-refractivity contribution in [2.24, 2.45) is 17.8 Å². The van der Waals surface area contributed by atoms with E-state index in [9.17, 15) is 0 Å². The molecule has 1 rings (SSSR count). The van der Waals surface area contributed by atoms with Crippen molar-refractivity contribution in [2.75, 3.05) is 13.1 Å². The Balaban J connectivity index is 2.75. The molecule has 1 aliphatic carbocycles. The number of nitrogens with one attached hydrogen (secondary N) is 1. The van der Waals surface area contributed by atoms with E-state index in [2.05, 4.69) is 70.8 Å². The molecule has 118 valence electrons. The molecule has 1 heteroatoms. The first-order valence-corrected chi connectivity index (χ1v) is 8.51. The highest BCUT2D eigenvalue weighted by Gasteiger charge is 2.14. The first-order valence-electron chi connectivity index (χ1n) is 8.51. The van der Waals surface area contributed by atoms with Gasteiger partial charge in [0, 0.05) is 6.54 Å². The van der Waals surface area contributed by atoms with Gasteiger partial charge >= 0.3 is 0 Å². The highest BCUT2D eigenvalue weighted by Crippen LogP contribution is 2.25. The lowest BCUT2D eigenvalue weighted by Gasteiger charge is -2.19. The van der Waals surface area contributed by atoms with E-state index in [0.717, 1.165) is 19.0 Å². The second kappa shape index (κ2) is 9.07. The van der Waals surface area contributed by atoms with Crippen molar-refractivity contribution in [1.29, 1.82) is 0 Å². The SMILES string of the molecule is CCC(CNCCC(C)C)C1=C(C)C=C(C(C)C)C=C=C1. The number of rotatable bonds is 8. The topological polar surface area (TPSA) is 12.0 Å². The summed E-state index contributed by atoms with van der Waals surface area (Å²) >= 11 is 0. The molecule has 0 saturated heterocycles. The zero-order chi connectivity index (χ0) is 15.8. The van der Waals surface area contributed by atoms with Crippen LogP contribution in [0.1, 0.15) is 54.4 Å². The molecule has 0 amide bonds. The first-order chi connectivity index (χ1) is 9.95. The fourth-order valence-electron chi connectivity index (χ4n) is 2.63. The van der Waals surface area contributed by atoms with Crippen molar-refractivity contribution in [3.8, 4) is 0 Å². The molecule has 1 nitrogen and oxygen atoms in total. The van der Waals surface area contributed by atoms with Gasteiger partial charge in [0.05, 0.1) is 0 Å². The zero-order valence-corrected chi connectivity index (χ0v) is 14.8. The Bertz CT molecular complexity index is 442. The van der Waals surface area contributed by atoms with Crippen molar-refractivity contribution in [1.82, 2.24) is 5.32 Å². The molecule has 0 aromatic carbocycles. The third kappa shape index (κ3) is 6.08. The van der Waals surface area contributed by atoms with Gasteiger partial charge < -0.3 is 5.32 Å². The molecule has 21 heavy (non-hydrogen) atoms. The van der Waals surface area contributed by atoms with E-state index in [1.54, 1.807) is 0 Å². The lowest BCUT2D eigenvalue weighted by atomic mass is 9.91. The Morgan fingerprint density at radius 1 is 1.14 bits per heavy atom. The van der Waals surface area contributed by atoms with Crippen molar-refractivity contribution in [2.45, 2.75) is 54.4 Å². The Morgan fingerprint density at radius 3 is 2.43 bits per heavy atom. The van der Waals surface area contributed by atoms with Crippen molar-refractivity contribution >= 4 is 0 Å². The van der Waals surface area contributed by atoms with Gasteiger partial charge in [0.25, 0.3) is 0 Å². The summed E-state index contributed by atoms with van der Waals surface area (Å²) in [6, 6.07) is 0.